The lowest BCUT2D eigenvalue weighted by molar-refractivity contribution is 0.530. The first kappa shape index (κ1) is 41.5. The van der Waals surface area contributed by atoms with Crippen LogP contribution in [0.5, 0.6) is 0 Å². The van der Waals surface area contributed by atoms with Crippen molar-refractivity contribution in [3.05, 3.63) is 24.3 Å². The lowest BCUT2D eigenvalue weighted by atomic mass is 10.0. The van der Waals surface area contributed by atoms with E-state index in [0.717, 1.165) is 0 Å². The molecule has 0 aromatic rings. The maximum absolute atomic E-state index is 2.44. The average Bonchev–Trinajstić information content (AvgIpc) is 3.00. The minimum atomic E-state index is 1.23. The van der Waals surface area contributed by atoms with Crippen LogP contribution in [0.25, 0.3) is 0 Å². The first-order valence-corrected chi connectivity index (χ1v) is 20.2. The summed E-state index contributed by atoms with van der Waals surface area (Å²) in [6, 6.07) is 0. The largest absolute Gasteiger partial charge is 0.0885 e. The second kappa shape index (κ2) is 40.5. The van der Waals surface area contributed by atoms with E-state index < -0.39 is 0 Å². The molecule has 0 rings (SSSR count). The molecule has 0 unspecified atom stereocenters. The second-order valence-corrected chi connectivity index (χ2v) is 13.7. The summed E-state index contributed by atoms with van der Waals surface area (Å²) in [7, 11) is 0. The van der Waals surface area contributed by atoms with Gasteiger partial charge in [-0.3, -0.25) is 0 Å². The third kappa shape index (κ3) is 39.5. The van der Waals surface area contributed by atoms with Gasteiger partial charge in [0.2, 0.25) is 0 Å². The summed E-state index contributed by atoms with van der Waals surface area (Å²) < 4.78 is 0. The van der Waals surface area contributed by atoms with Gasteiger partial charge in [0.05, 0.1) is 0 Å². The van der Waals surface area contributed by atoms with Gasteiger partial charge in [-0.1, -0.05) is 231 Å². The summed E-state index contributed by atoms with van der Waals surface area (Å²) in [4.78, 5) is 0. The summed E-state index contributed by atoms with van der Waals surface area (Å²) >= 11 is 0. The van der Waals surface area contributed by atoms with Crippen molar-refractivity contribution in [2.24, 2.45) is 0 Å². The zero-order valence-corrected chi connectivity index (χ0v) is 29.8. The van der Waals surface area contributed by atoms with Gasteiger partial charge < -0.3 is 0 Å². The minimum Gasteiger partial charge on any atom is -0.0885 e. The van der Waals surface area contributed by atoms with Crippen LogP contribution in [-0.4, -0.2) is 0 Å². The highest BCUT2D eigenvalue weighted by Gasteiger charge is 1.96. The molecule has 0 aromatic heterocycles. The molecule has 42 heavy (non-hydrogen) atoms. The van der Waals surface area contributed by atoms with Crippen molar-refractivity contribution < 1.29 is 0 Å². The van der Waals surface area contributed by atoms with Crippen molar-refractivity contribution in [2.45, 2.75) is 245 Å². The molecule has 250 valence electrons. The highest BCUT2D eigenvalue weighted by Crippen LogP contribution is 2.16. The van der Waals surface area contributed by atoms with Crippen LogP contribution in [0, 0.1) is 0 Å². The van der Waals surface area contributed by atoms with Crippen LogP contribution < -0.4 is 0 Å². The van der Waals surface area contributed by atoms with E-state index in [9.17, 15) is 0 Å². The first-order chi connectivity index (χ1) is 20.9. The van der Waals surface area contributed by atoms with Crippen molar-refractivity contribution in [1.82, 2.24) is 0 Å². The topological polar surface area (TPSA) is 0 Å². The molecule has 0 aliphatic carbocycles. The van der Waals surface area contributed by atoms with Gasteiger partial charge in [0.15, 0.2) is 0 Å². The predicted molar refractivity (Wildman–Crippen MR) is 196 cm³/mol. The third-order valence-electron chi connectivity index (χ3n) is 9.28. The maximum Gasteiger partial charge on any atom is -0.0316 e. The Labute approximate surface area is 268 Å². The molecule has 0 aliphatic rings. The van der Waals surface area contributed by atoms with E-state index in [0.29, 0.717) is 0 Å². The van der Waals surface area contributed by atoms with Crippen molar-refractivity contribution in [3.8, 4) is 0 Å². The number of rotatable bonds is 37. The van der Waals surface area contributed by atoms with Crippen molar-refractivity contribution in [1.29, 1.82) is 0 Å². The summed E-state index contributed by atoms with van der Waals surface area (Å²) in [5, 5.41) is 0. The molecule has 0 saturated carbocycles. The molecule has 0 bridgehead atoms. The zero-order valence-electron chi connectivity index (χ0n) is 29.8. The second-order valence-electron chi connectivity index (χ2n) is 13.7. The lowest BCUT2D eigenvalue weighted by Crippen LogP contribution is -1.83. The lowest BCUT2D eigenvalue weighted by Gasteiger charge is -2.03. The normalized spacial score (nSPS) is 12.0. The van der Waals surface area contributed by atoms with Gasteiger partial charge in [0, 0.05) is 0 Å². The molecule has 0 atom stereocenters. The Hall–Kier alpha value is -0.520. The number of hydrogen-bond acceptors (Lipinski definition) is 0. The highest BCUT2D eigenvalue weighted by atomic mass is 14.0. The average molecular weight is 587 g/mol. The third-order valence-corrected chi connectivity index (χ3v) is 9.28. The molecule has 0 N–H and O–H groups in total. The minimum absolute atomic E-state index is 1.23. The van der Waals surface area contributed by atoms with Gasteiger partial charge in [-0.15, -0.1) is 0 Å². The van der Waals surface area contributed by atoms with Crippen LogP contribution in [-0.2, 0) is 0 Å². The molecule has 0 saturated heterocycles. The Balaban J connectivity index is 3.14. The van der Waals surface area contributed by atoms with Gasteiger partial charge in [0.25, 0.3) is 0 Å². The summed E-state index contributed by atoms with van der Waals surface area (Å²) in [5.41, 5.74) is 0. The smallest absolute Gasteiger partial charge is 0.0316 e. The fourth-order valence-electron chi connectivity index (χ4n) is 6.28. The first-order valence-electron chi connectivity index (χ1n) is 20.2. The number of allylic oxidation sites excluding steroid dienone is 4. The van der Waals surface area contributed by atoms with E-state index in [-0.39, 0.29) is 0 Å². The van der Waals surface area contributed by atoms with Gasteiger partial charge in [-0.2, -0.15) is 0 Å². The van der Waals surface area contributed by atoms with E-state index in [2.05, 4.69) is 38.2 Å². The van der Waals surface area contributed by atoms with Crippen LogP contribution in [0.15, 0.2) is 24.3 Å². The Morgan fingerprint density at radius 2 is 0.357 bits per heavy atom. The Kier molecular flexibility index (Phi) is 40.0. The fourth-order valence-corrected chi connectivity index (χ4v) is 6.28. The SMILES string of the molecule is CCCCCCCCCCCCCCCCCC/C=C\CC/C=C\CCCCCCCCCCCCCCCCCC. The van der Waals surface area contributed by atoms with Crippen molar-refractivity contribution in [3.63, 3.8) is 0 Å². The number of hydrogen-bond donors (Lipinski definition) is 0. The standard InChI is InChI=1S/C42H82/c1-3-5-7-9-11-13-15-17-19-21-23-25-27-29-31-33-35-37-39-41-42-40-38-36-34-32-30-28-26-24-22-20-18-16-14-12-10-8-6-4-2/h37-40H,3-36,41-42H2,1-2H3/b39-37-,40-38-. The molecule has 0 fully saturated rings. The molecule has 0 radical (unpaired) electrons. The van der Waals surface area contributed by atoms with E-state index in [1.807, 2.05) is 0 Å². The predicted octanol–water partition coefficient (Wildman–Crippen LogP) is 16.2. The Morgan fingerprint density at radius 3 is 0.571 bits per heavy atom. The van der Waals surface area contributed by atoms with Gasteiger partial charge >= 0.3 is 0 Å². The maximum atomic E-state index is 2.44. The van der Waals surface area contributed by atoms with Crippen LogP contribution in [0.1, 0.15) is 245 Å². The summed E-state index contributed by atoms with van der Waals surface area (Å²) in [5.74, 6) is 0. The number of unbranched alkanes of at least 4 members (excludes halogenated alkanes) is 33. The van der Waals surface area contributed by atoms with Crippen LogP contribution in [0.2, 0.25) is 0 Å². The zero-order chi connectivity index (χ0) is 30.3. The summed E-state index contributed by atoms with van der Waals surface area (Å²) in [6.07, 6.45) is 61.4. The Bertz CT molecular complexity index is 454. The van der Waals surface area contributed by atoms with Crippen LogP contribution in [0.3, 0.4) is 0 Å². The van der Waals surface area contributed by atoms with Gasteiger partial charge in [-0.05, 0) is 38.5 Å². The highest BCUT2D eigenvalue weighted by molar-refractivity contribution is 4.88. The quantitative estimate of drug-likeness (QED) is 0.0501. The molecule has 0 nitrogen and oxygen atoms in total. The van der Waals surface area contributed by atoms with Crippen LogP contribution >= 0.6 is 0 Å². The monoisotopic (exact) mass is 587 g/mol. The molecule has 0 heterocycles. The molecule has 0 aliphatic heterocycles. The van der Waals surface area contributed by atoms with Crippen molar-refractivity contribution >= 4 is 0 Å². The molecule has 0 heteroatoms. The molecular weight excluding hydrogens is 504 g/mol. The van der Waals surface area contributed by atoms with Gasteiger partial charge in [0.1, 0.15) is 0 Å². The van der Waals surface area contributed by atoms with Crippen LogP contribution in [0.4, 0.5) is 0 Å². The van der Waals surface area contributed by atoms with E-state index in [1.165, 1.54) is 231 Å². The van der Waals surface area contributed by atoms with Gasteiger partial charge in [-0.25, -0.2) is 0 Å². The summed E-state index contributed by atoms with van der Waals surface area (Å²) in [6.45, 7) is 4.61. The molecular formula is C42H82. The van der Waals surface area contributed by atoms with E-state index in [1.54, 1.807) is 0 Å². The van der Waals surface area contributed by atoms with E-state index >= 15 is 0 Å². The molecule has 0 amide bonds. The fraction of sp³-hybridized carbons (Fsp3) is 0.905. The Morgan fingerprint density at radius 1 is 0.190 bits per heavy atom. The van der Waals surface area contributed by atoms with Crippen molar-refractivity contribution in [2.75, 3.05) is 0 Å². The van der Waals surface area contributed by atoms with E-state index in [4.69, 9.17) is 0 Å². The molecule has 0 aromatic carbocycles. The molecule has 0 spiro atoms.